The Morgan fingerprint density at radius 2 is 1.95 bits per heavy atom. The summed E-state index contributed by atoms with van der Waals surface area (Å²) in [6.07, 6.45) is 1.60. The van der Waals surface area contributed by atoms with Gasteiger partial charge in [-0.25, -0.2) is 17.9 Å². The Kier molecular flexibility index (Phi) is 3.74. The van der Waals surface area contributed by atoms with Crippen molar-refractivity contribution in [3.05, 3.63) is 70.8 Å². The van der Waals surface area contributed by atoms with Crippen molar-refractivity contribution in [3.63, 3.8) is 0 Å². The first-order valence-electron chi connectivity index (χ1n) is 6.48. The zero-order valence-corrected chi connectivity index (χ0v) is 12.2. The van der Waals surface area contributed by atoms with E-state index in [4.69, 9.17) is 4.42 Å². The average molecular weight is 316 g/mol. The van der Waals surface area contributed by atoms with Gasteiger partial charge in [0.2, 0.25) is 10.0 Å². The molecule has 112 valence electrons. The smallest absolute Gasteiger partial charge is 0.336 e. The van der Waals surface area contributed by atoms with E-state index in [0.717, 1.165) is 0 Å². The quantitative estimate of drug-likeness (QED) is 0.740. The SMILES string of the molecule is O=c1ccc2cc(S(=O)(=O)NCc3ccccn3)ccc2o1. The predicted molar refractivity (Wildman–Crippen MR) is 80.7 cm³/mol. The maximum atomic E-state index is 12.3. The third-order valence-electron chi connectivity index (χ3n) is 3.07. The summed E-state index contributed by atoms with van der Waals surface area (Å²) in [4.78, 5) is 15.3. The van der Waals surface area contributed by atoms with E-state index in [1.165, 1.54) is 30.3 Å². The normalized spacial score (nSPS) is 11.6. The molecule has 0 amide bonds. The lowest BCUT2D eigenvalue weighted by Crippen LogP contribution is -2.23. The second-order valence-electron chi connectivity index (χ2n) is 4.60. The van der Waals surface area contributed by atoms with Crippen LogP contribution in [-0.4, -0.2) is 13.4 Å². The fourth-order valence-corrected chi connectivity index (χ4v) is 3.01. The molecule has 6 nitrogen and oxygen atoms in total. The van der Waals surface area contributed by atoms with Gasteiger partial charge in [0.05, 0.1) is 17.1 Å². The highest BCUT2D eigenvalue weighted by atomic mass is 32.2. The molecule has 3 aromatic rings. The zero-order chi connectivity index (χ0) is 15.6. The van der Waals surface area contributed by atoms with Gasteiger partial charge in [-0.15, -0.1) is 0 Å². The van der Waals surface area contributed by atoms with Gasteiger partial charge in [-0.05, 0) is 36.4 Å². The minimum Gasteiger partial charge on any atom is -0.423 e. The first-order chi connectivity index (χ1) is 10.5. The van der Waals surface area contributed by atoms with Crippen LogP contribution in [0, 0.1) is 0 Å². The molecule has 0 atom stereocenters. The van der Waals surface area contributed by atoms with E-state index in [1.807, 2.05) is 0 Å². The number of nitrogens with zero attached hydrogens (tertiary/aromatic N) is 1. The minimum absolute atomic E-state index is 0.102. The van der Waals surface area contributed by atoms with Crippen LogP contribution < -0.4 is 10.3 Å². The van der Waals surface area contributed by atoms with Crippen LogP contribution in [-0.2, 0) is 16.6 Å². The van der Waals surface area contributed by atoms with Gasteiger partial charge in [-0.3, -0.25) is 4.98 Å². The average Bonchev–Trinajstić information content (AvgIpc) is 2.53. The number of pyridine rings is 1. The van der Waals surface area contributed by atoms with Crippen LogP contribution in [0.3, 0.4) is 0 Å². The van der Waals surface area contributed by atoms with Crippen LogP contribution in [0.15, 0.2) is 68.8 Å². The highest BCUT2D eigenvalue weighted by molar-refractivity contribution is 7.89. The summed E-state index contributed by atoms with van der Waals surface area (Å²) in [6, 6.07) is 12.4. The highest BCUT2D eigenvalue weighted by Gasteiger charge is 2.15. The lowest BCUT2D eigenvalue weighted by atomic mass is 10.2. The Labute approximate surface area is 126 Å². The molecule has 1 aromatic carbocycles. The second-order valence-corrected chi connectivity index (χ2v) is 6.37. The summed E-state index contributed by atoms with van der Waals surface area (Å²) in [7, 11) is -3.67. The van der Waals surface area contributed by atoms with E-state index in [1.54, 1.807) is 24.4 Å². The Morgan fingerprint density at radius 1 is 1.09 bits per heavy atom. The molecule has 0 unspecified atom stereocenters. The fourth-order valence-electron chi connectivity index (χ4n) is 1.97. The molecular weight excluding hydrogens is 304 g/mol. The van der Waals surface area contributed by atoms with Crippen LogP contribution in [0.2, 0.25) is 0 Å². The van der Waals surface area contributed by atoms with Crippen molar-refractivity contribution in [1.82, 2.24) is 9.71 Å². The summed E-state index contributed by atoms with van der Waals surface area (Å²) >= 11 is 0. The van der Waals surface area contributed by atoms with Crippen molar-refractivity contribution >= 4 is 21.0 Å². The predicted octanol–water partition coefficient (Wildman–Crippen LogP) is 1.67. The molecular formula is C15H12N2O4S. The lowest BCUT2D eigenvalue weighted by molar-refractivity contribution is 0.560. The van der Waals surface area contributed by atoms with Crippen LogP contribution in [0.4, 0.5) is 0 Å². The van der Waals surface area contributed by atoms with E-state index >= 15 is 0 Å². The first-order valence-corrected chi connectivity index (χ1v) is 7.96. The van der Waals surface area contributed by atoms with E-state index < -0.39 is 15.6 Å². The van der Waals surface area contributed by atoms with E-state index in [2.05, 4.69) is 9.71 Å². The molecule has 22 heavy (non-hydrogen) atoms. The van der Waals surface area contributed by atoms with Crippen LogP contribution in [0.1, 0.15) is 5.69 Å². The van der Waals surface area contributed by atoms with E-state index in [9.17, 15) is 13.2 Å². The van der Waals surface area contributed by atoms with Crippen LogP contribution in [0.25, 0.3) is 11.0 Å². The van der Waals surface area contributed by atoms with Crippen molar-refractivity contribution in [1.29, 1.82) is 0 Å². The maximum Gasteiger partial charge on any atom is 0.336 e. The number of fused-ring (bicyclic) bond motifs is 1. The fraction of sp³-hybridized carbons (Fsp3) is 0.0667. The van der Waals surface area contributed by atoms with E-state index in [-0.39, 0.29) is 11.4 Å². The molecule has 0 fully saturated rings. The number of aromatic nitrogens is 1. The molecule has 0 radical (unpaired) electrons. The minimum atomic E-state index is -3.67. The molecule has 0 bridgehead atoms. The summed E-state index contributed by atoms with van der Waals surface area (Å²) in [5.41, 5.74) is 0.491. The number of sulfonamides is 1. The summed E-state index contributed by atoms with van der Waals surface area (Å²) < 4.78 is 32.0. The molecule has 2 heterocycles. The molecule has 0 spiro atoms. The van der Waals surface area contributed by atoms with Crippen LogP contribution in [0.5, 0.6) is 0 Å². The van der Waals surface area contributed by atoms with Crippen molar-refractivity contribution in [2.75, 3.05) is 0 Å². The Balaban J connectivity index is 1.88. The van der Waals surface area contributed by atoms with Gasteiger partial charge in [-0.2, -0.15) is 0 Å². The third kappa shape index (κ3) is 3.05. The van der Waals surface area contributed by atoms with Gasteiger partial charge >= 0.3 is 5.63 Å². The Bertz CT molecular complexity index is 966. The van der Waals surface area contributed by atoms with Gasteiger partial charge in [0.15, 0.2) is 0 Å². The van der Waals surface area contributed by atoms with Crippen molar-refractivity contribution in [2.45, 2.75) is 11.4 Å². The molecule has 7 heteroatoms. The first kappa shape index (κ1) is 14.4. The number of hydrogen-bond donors (Lipinski definition) is 1. The number of hydrogen-bond acceptors (Lipinski definition) is 5. The molecule has 0 aliphatic rings. The number of nitrogens with one attached hydrogen (secondary N) is 1. The summed E-state index contributed by atoms with van der Waals surface area (Å²) in [5, 5.41) is 0.542. The Hall–Kier alpha value is -2.51. The number of benzene rings is 1. The van der Waals surface area contributed by atoms with Crippen LogP contribution >= 0.6 is 0 Å². The van der Waals surface area contributed by atoms with Gasteiger partial charge in [0.1, 0.15) is 5.58 Å². The molecule has 0 saturated carbocycles. The van der Waals surface area contributed by atoms with Crippen molar-refractivity contribution in [3.8, 4) is 0 Å². The second kappa shape index (κ2) is 5.70. The van der Waals surface area contributed by atoms with Gasteiger partial charge < -0.3 is 4.42 Å². The zero-order valence-electron chi connectivity index (χ0n) is 11.4. The molecule has 2 aromatic heterocycles. The summed E-state index contributed by atoms with van der Waals surface area (Å²) in [5.74, 6) is 0. The van der Waals surface area contributed by atoms with E-state index in [0.29, 0.717) is 16.7 Å². The summed E-state index contributed by atoms with van der Waals surface area (Å²) in [6.45, 7) is 0.102. The van der Waals surface area contributed by atoms with Gasteiger partial charge in [-0.1, -0.05) is 6.07 Å². The number of rotatable bonds is 4. The van der Waals surface area contributed by atoms with Gasteiger partial charge in [0, 0.05) is 17.6 Å². The maximum absolute atomic E-state index is 12.3. The van der Waals surface area contributed by atoms with Crippen molar-refractivity contribution < 1.29 is 12.8 Å². The monoisotopic (exact) mass is 316 g/mol. The third-order valence-corrected chi connectivity index (χ3v) is 4.47. The topological polar surface area (TPSA) is 89.3 Å². The molecule has 0 saturated heterocycles. The molecule has 0 aliphatic heterocycles. The van der Waals surface area contributed by atoms with Crippen molar-refractivity contribution in [2.24, 2.45) is 0 Å². The molecule has 3 rings (SSSR count). The molecule has 1 N–H and O–H groups in total. The largest absolute Gasteiger partial charge is 0.423 e. The Morgan fingerprint density at radius 3 is 2.73 bits per heavy atom. The molecule has 0 aliphatic carbocycles. The highest BCUT2D eigenvalue weighted by Crippen LogP contribution is 2.17. The standard InChI is InChI=1S/C15H12N2O4S/c18-15-7-4-11-9-13(5-6-14(11)21-15)22(19,20)17-10-12-3-1-2-8-16-12/h1-9,17H,10H2. The van der Waals surface area contributed by atoms with Gasteiger partial charge in [0.25, 0.3) is 0 Å². The lowest BCUT2D eigenvalue weighted by Gasteiger charge is -2.07.